The molecule has 1 aromatic carbocycles. The lowest BCUT2D eigenvalue weighted by Crippen LogP contribution is -2.13. The summed E-state index contributed by atoms with van der Waals surface area (Å²) < 4.78 is 6.51. The molecule has 0 saturated heterocycles. The summed E-state index contributed by atoms with van der Waals surface area (Å²) in [6.45, 7) is 4.29. The van der Waals surface area contributed by atoms with Crippen molar-refractivity contribution in [2.24, 2.45) is 0 Å². The van der Waals surface area contributed by atoms with Gasteiger partial charge in [0, 0.05) is 12.1 Å². The molecule has 0 unspecified atom stereocenters. The van der Waals surface area contributed by atoms with Crippen LogP contribution in [0.4, 0.5) is 5.13 Å². The number of nitrogens with zero attached hydrogens (tertiary/aromatic N) is 4. The van der Waals surface area contributed by atoms with Crippen molar-refractivity contribution in [2.75, 3.05) is 12.4 Å². The van der Waals surface area contributed by atoms with E-state index in [1.807, 2.05) is 37.3 Å². The molecule has 0 aliphatic rings. The summed E-state index contributed by atoms with van der Waals surface area (Å²) in [5.41, 5.74) is 3.15. The van der Waals surface area contributed by atoms with Crippen molar-refractivity contribution in [1.82, 2.24) is 19.7 Å². The maximum Gasteiger partial charge on any atom is 0.350 e. The van der Waals surface area contributed by atoms with Gasteiger partial charge >= 0.3 is 5.97 Å². The highest BCUT2D eigenvalue weighted by Gasteiger charge is 2.21. The standard InChI is InChI=1S/C21H19N5O3S/c1-4-26-18-15(11-22-26)14(10-16(24-18)13-8-6-5-7-9-13)19(27)25-21-23-12(2)17(30-21)20(28)29-3/h5-11H,4H2,1-3H3,(H,23,25,27). The van der Waals surface area contributed by atoms with E-state index in [9.17, 15) is 9.59 Å². The van der Waals surface area contributed by atoms with Gasteiger partial charge in [-0.15, -0.1) is 0 Å². The van der Waals surface area contributed by atoms with Crippen molar-refractivity contribution >= 4 is 39.4 Å². The summed E-state index contributed by atoms with van der Waals surface area (Å²) in [5, 5.41) is 8.12. The Labute approximate surface area is 176 Å². The fraction of sp³-hybridized carbons (Fsp3) is 0.190. The first-order valence-corrected chi connectivity index (χ1v) is 10.1. The Hall–Kier alpha value is -3.59. The van der Waals surface area contributed by atoms with Gasteiger partial charge in [0.15, 0.2) is 10.8 Å². The third-order valence-corrected chi connectivity index (χ3v) is 5.66. The molecule has 4 rings (SSSR count). The molecule has 0 aliphatic carbocycles. The van der Waals surface area contributed by atoms with Crippen molar-refractivity contribution in [3.05, 3.63) is 58.7 Å². The van der Waals surface area contributed by atoms with E-state index in [0.717, 1.165) is 16.9 Å². The smallest absolute Gasteiger partial charge is 0.350 e. The van der Waals surface area contributed by atoms with Crippen molar-refractivity contribution in [1.29, 1.82) is 0 Å². The third-order valence-electron chi connectivity index (χ3n) is 4.61. The number of nitrogens with one attached hydrogen (secondary N) is 1. The Bertz CT molecular complexity index is 1250. The lowest BCUT2D eigenvalue weighted by molar-refractivity contribution is 0.0605. The largest absolute Gasteiger partial charge is 0.465 e. The molecule has 152 valence electrons. The van der Waals surface area contributed by atoms with Gasteiger partial charge in [0.05, 0.1) is 35.6 Å². The van der Waals surface area contributed by atoms with Crippen LogP contribution >= 0.6 is 11.3 Å². The molecule has 30 heavy (non-hydrogen) atoms. The van der Waals surface area contributed by atoms with E-state index in [1.165, 1.54) is 7.11 Å². The van der Waals surface area contributed by atoms with Crippen LogP contribution in [0, 0.1) is 6.92 Å². The number of fused-ring (bicyclic) bond motifs is 1. The molecule has 8 nitrogen and oxygen atoms in total. The fourth-order valence-electron chi connectivity index (χ4n) is 3.12. The highest BCUT2D eigenvalue weighted by Crippen LogP contribution is 2.27. The van der Waals surface area contributed by atoms with Gasteiger partial charge in [-0.3, -0.25) is 10.1 Å². The van der Waals surface area contributed by atoms with E-state index < -0.39 is 5.97 Å². The molecular weight excluding hydrogens is 402 g/mol. The number of pyridine rings is 1. The van der Waals surface area contributed by atoms with Crippen LogP contribution in [0.2, 0.25) is 0 Å². The molecule has 1 N–H and O–H groups in total. The van der Waals surface area contributed by atoms with Crippen LogP contribution in [0.15, 0.2) is 42.6 Å². The van der Waals surface area contributed by atoms with E-state index >= 15 is 0 Å². The normalized spacial score (nSPS) is 10.9. The van der Waals surface area contributed by atoms with Gasteiger partial charge < -0.3 is 4.74 Å². The number of hydrogen-bond acceptors (Lipinski definition) is 7. The molecule has 0 saturated carbocycles. The first-order chi connectivity index (χ1) is 14.5. The number of esters is 1. The number of rotatable bonds is 5. The Morgan fingerprint density at radius 2 is 1.97 bits per heavy atom. The molecule has 0 bridgehead atoms. The SMILES string of the molecule is CCn1ncc2c(C(=O)Nc3nc(C)c(C(=O)OC)s3)cc(-c3ccccc3)nc21. The predicted octanol–water partition coefficient (Wildman–Crippen LogP) is 3.92. The van der Waals surface area contributed by atoms with Gasteiger partial charge in [0.1, 0.15) is 4.88 Å². The second kappa shape index (κ2) is 8.03. The van der Waals surface area contributed by atoms with Crippen LogP contribution in [-0.2, 0) is 11.3 Å². The molecule has 0 fully saturated rings. The molecule has 9 heteroatoms. The lowest BCUT2D eigenvalue weighted by atomic mass is 10.1. The van der Waals surface area contributed by atoms with Crippen molar-refractivity contribution in [3.63, 3.8) is 0 Å². The van der Waals surface area contributed by atoms with E-state index in [-0.39, 0.29) is 5.91 Å². The molecular formula is C21H19N5O3S. The van der Waals surface area contributed by atoms with Gasteiger partial charge in [-0.2, -0.15) is 5.10 Å². The number of hydrogen-bond donors (Lipinski definition) is 1. The number of amides is 1. The summed E-state index contributed by atoms with van der Waals surface area (Å²) >= 11 is 1.08. The minimum Gasteiger partial charge on any atom is -0.465 e. The van der Waals surface area contributed by atoms with Crippen LogP contribution < -0.4 is 5.32 Å². The molecule has 3 aromatic heterocycles. The Kier molecular flexibility index (Phi) is 5.28. The average Bonchev–Trinajstić information content (AvgIpc) is 3.35. The van der Waals surface area contributed by atoms with Gasteiger partial charge in [-0.05, 0) is 19.9 Å². The highest BCUT2D eigenvalue weighted by molar-refractivity contribution is 7.17. The minimum absolute atomic E-state index is 0.326. The van der Waals surface area contributed by atoms with Crippen LogP contribution in [0.1, 0.15) is 32.6 Å². The third kappa shape index (κ3) is 3.55. The van der Waals surface area contributed by atoms with Crippen LogP contribution in [0.3, 0.4) is 0 Å². The lowest BCUT2D eigenvalue weighted by Gasteiger charge is -2.08. The number of methoxy groups -OCH3 is 1. The molecule has 4 aromatic rings. The molecule has 0 atom stereocenters. The van der Waals surface area contributed by atoms with Gasteiger partial charge in [0.2, 0.25) is 0 Å². The maximum absolute atomic E-state index is 13.1. The first-order valence-electron chi connectivity index (χ1n) is 9.31. The van der Waals surface area contributed by atoms with E-state index in [4.69, 9.17) is 9.72 Å². The van der Waals surface area contributed by atoms with Crippen molar-refractivity contribution in [3.8, 4) is 11.3 Å². The van der Waals surface area contributed by atoms with Crippen molar-refractivity contribution < 1.29 is 14.3 Å². The Morgan fingerprint density at radius 1 is 1.20 bits per heavy atom. The Balaban J connectivity index is 1.77. The number of thiazole rings is 1. The highest BCUT2D eigenvalue weighted by atomic mass is 32.1. The first kappa shape index (κ1) is 19.7. The maximum atomic E-state index is 13.1. The van der Waals surface area contributed by atoms with Crippen LogP contribution in [0.5, 0.6) is 0 Å². The molecule has 0 aliphatic heterocycles. The number of anilines is 1. The summed E-state index contributed by atoms with van der Waals surface area (Å²) in [6, 6.07) is 11.4. The monoisotopic (exact) mass is 421 g/mol. The summed E-state index contributed by atoms with van der Waals surface area (Å²) in [4.78, 5) is 34.3. The van der Waals surface area contributed by atoms with E-state index in [2.05, 4.69) is 15.4 Å². The number of aromatic nitrogens is 4. The van der Waals surface area contributed by atoms with E-state index in [0.29, 0.717) is 44.5 Å². The second-order valence-electron chi connectivity index (χ2n) is 6.50. The number of ether oxygens (including phenoxy) is 1. The average molecular weight is 421 g/mol. The molecule has 0 spiro atoms. The van der Waals surface area contributed by atoms with E-state index in [1.54, 1.807) is 23.9 Å². The quantitative estimate of drug-likeness (QED) is 0.490. The van der Waals surface area contributed by atoms with Crippen LogP contribution in [0.25, 0.3) is 22.3 Å². The summed E-state index contributed by atoms with van der Waals surface area (Å²) in [6.07, 6.45) is 1.64. The summed E-state index contributed by atoms with van der Waals surface area (Å²) in [5.74, 6) is -0.826. The zero-order valence-corrected chi connectivity index (χ0v) is 17.5. The fourth-order valence-corrected chi connectivity index (χ4v) is 4.00. The minimum atomic E-state index is -0.479. The number of benzene rings is 1. The zero-order chi connectivity index (χ0) is 21.3. The predicted molar refractivity (Wildman–Crippen MR) is 115 cm³/mol. The van der Waals surface area contributed by atoms with Crippen LogP contribution in [-0.4, -0.2) is 38.7 Å². The molecule has 0 radical (unpaired) electrons. The summed E-state index contributed by atoms with van der Waals surface area (Å²) in [7, 11) is 1.31. The van der Waals surface area contributed by atoms with Gasteiger partial charge in [-0.1, -0.05) is 41.7 Å². The Morgan fingerprint density at radius 3 is 2.67 bits per heavy atom. The zero-order valence-electron chi connectivity index (χ0n) is 16.7. The topological polar surface area (TPSA) is 99.0 Å². The van der Waals surface area contributed by atoms with Gasteiger partial charge in [0.25, 0.3) is 5.91 Å². The van der Waals surface area contributed by atoms with Gasteiger partial charge in [-0.25, -0.2) is 19.4 Å². The number of carbonyl (C=O) groups is 2. The molecule has 1 amide bonds. The second-order valence-corrected chi connectivity index (χ2v) is 7.50. The molecule has 3 heterocycles. The number of carbonyl (C=O) groups excluding carboxylic acids is 2. The number of aryl methyl sites for hydroxylation is 2. The van der Waals surface area contributed by atoms with Crippen molar-refractivity contribution in [2.45, 2.75) is 20.4 Å².